The highest BCUT2D eigenvalue weighted by molar-refractivity contribution is 7.86. The van der Waals surface area contributed by atoms with Crippen molar-refractivity contribution in [1.29, 1.82) is 0 Å². The van der Waals surface area contributed by atoms with E-state index in [9.17, 15) is 13.2 Å². The van der Waals surface area contributed by atoms with Gasteiger partial charge in [0.05, 0.1) is 15.1 Å². The molecule has 0 saturated carbocycles. The number of Topliss-reactive ketones (excluding diaryl/α,β-unsaturated/α-hetero) is 1. The van der Waals surface area contributed by atoms with Gasteiger partial charge in [0, 0.05) is 5.56 Å². The van der Waals surface area contributed by atoms with E-state index >= 15 is 0 Å². The number of hydrogen-bond acceptors (Lipinski definition) is 6. The van der Waals surface area contributed by atoms with E-state index < -0.39 is 105 Å². The maximum atomic E-state index is 12.9. The summed E-state index contributed by atoms with van der Waals surface area (Å²) >= 11 is 0. The first-order valence-corrected chi connectivity index (χ1v) is 8.08. The summed E-state index contributed by atoms with van der Waals surface area (Å²) in [5.41, 5.74) is -0.0618. The largest absolute Gasteiger partial charge is 0.460 e. The molecule has 2 N–H and O–H groups in total. The van der Waals surface area contributed by atoms with Gasteiger partial charge < -0.3 is 14.7 Å². The SMILES string of the molecule is [2H]c1c([2H])c([2H])c(C([2H])([2H])S(=O)(=O)OC2=C(N)OC(c3c([2H])c([2H])c(C)c([2H])c3[2H])C2=O)c([2H])c1[2H]. The summed E-state index contributed by atoms with van der Waals surface area (Å²) < 4.78 is 122. The second kappa shape index (κ2) is 6.60. The maximum absolute atomic E-state index is 12.9. The summed E-state index contributed by atoms with van der Waals surface area (Å²) in [7, 11) is -5.64. The van der Waals surface area contributed by atoms with Crippen LogP contribution in [-0.4, -0.2) is 14.2 Å². The molecule has 2 aromatic carbocycles. The van der Waals surface area contributed by atoms with Gasteiger partial charge in [-0.3, -0.25) is 4.79 Å². The third-order valence-electron chi connectivity index (χ3n) is 2.88. The highest BCUT2D eigenvalue weighted by Gasteiger charge is 2.39. The van der Waals surface area contributed by atoms with E-state index in [4.69, 9.17) is 25.5 Å². The third-order valence-corrected chi connectivity index (χ3v) is 3.72. The molecule has 3 rings (SSSR count). The van der Waals surface area contributed by atoms with Crippen LogP contribution in [0.25, 0.3) is 0 Å². The summed E-state index contributed by atoms with van der Waals surface area (Å²) in [4.78, 5) is 12.9. The quantitative estimate of drug-likeness (QED) is 0.812. The molecule has 1 unspecified atom stereocenters. The highest BCUT2D eigenvalue weighted by atomic mass is 32.2. The molecule has 25 heavy (non-hydrogen) atoms. The Bertz CT molecular complexity index is 1410. The zero-order valence-corrected chi connectivity index (χ0v) is 13.4. The first-order chi connectivity index (χ1) is 16.4. The molecule has 130 valence electrons. The van der Waals surface area contributed by atoms with Crippen molar-refractivity contribution in [3.63, 3.8) is 0 Å². The van der Waals surface area contributed by atoms with Crippen molar-refractivity contribution < 1.29 is 37.2 Å². The Kier molecular flexibility index (Phi) is 2.13. The first-order valence-electron chi connectivity index (χ1n) is 12.2. The monoisotopic (exact) mass is 370 g/mol. The number of carbonyl (C=O) groups excluding carboxylic acids is 1. The average Bonchev–Trinajstić information content (AvgIpc) is 3.06. The Labute approximate surface area is 161 Å². The smallest absolute Gasteiger partial charge is 0.313 e. The van der Waals surface area contributed by atoms with Crippen LogP contribution in [0, 0.1) is 6.92 Å². The Morgan fingerprint density at radius 3 is 2.48 bits per heavy atom. The predicted molar refractivity (Wildman–Crippen MR) is 91.4 cm³/mol. The van der Waals surface area contributed by atoms with Gasteiger partial charge in [0.2, 0.25) is 17.4 Å². The molecule has 0 saturated heterocycles. The normalized spacial score (nSPS) is 24.3. The minimum absolute atomic E-state index is 0.0222. The number of rotatable bonds is 5. The number of carbonyl (C=O) groups is 1. The van der Waals surface area contributed by atoms with Crippen LogP contribution in [0.1, 0.15) is 37.9 Å². The van der Waals surface area contributed by atoms with Gasteiger partial charge in [-0.25, -0.2) is 0 Å². The summed E-state index contributed by atoms with van der Waals surface area (Å²) in [6, 6.07) is -7.50. The summed E-state index contributed by atoms with van der Waals surface area (Å²) in [5, 5.41) is 0. The van der Waals surface area contributed by atoms with Crippen LogP contribution in [0.3, 0.4) is 0 Å². The Morgan fingerprint density at radius 1 is 1.20 bits per heavy atom. The number of benzene rings is 2. The molecule has 0 aliphatic carbocycles. The van der Waals surface area contributed by atoms with Gasteiger partial charge >= 0.3 is 10.1 Å². The van der Waals surface area contributed by atoms with E-state index in [1.54, 1.807) is 0 Å². The number of hydrogen-bond donors (Lipinski definition) is 1. The molecule has 0 radical (unpaired) electrons. The minimum atomic E-state index is -5.64. The van der Waals surface area contributed by atoms with Crippen molar-refractivity contribution in [1.82, 2.24) is 0 Å². The standard InChI is InChI=1S/C18H17NO5S/c1-12-7-9-14(10-8-12)16-15(20)17(18(19)23-16)24-25(21,22)11-13-5-3-2-4-6-13/h2-10,16H,11,19H2,1H3/i2D,3D,4D,5D,6D,7D,8D,9D,10D,11D2. The molecular formula is C18H17NO5S. The van der Waals surface area contributed by atoms with Gasteiger partial charge in [-0.05, 0) is 12.5 Å². The van der Waals surface area contributed by atoms with Crippen molar-refractivity contribution in [2.75, 3.05) is 0 Å². The first kappa shape index (κ1) is 8.05. The lowest BCUT2D eigenvalue weighted by Gasteiger charge is -2.10. The summed E-state index contributed by atoms with van der Waals surface area (Å²) in [5.74, 6) is -3.57. The van der Waals surface area contributed by atoms with E-state index in [-0.39, 0.29) is 5.56 Å². The predicted octanol–water partition coefficient (Wildman–Crippen LogP) is 2.31. The van der Waals surface area contributed by atoms with Crippen molar-refractivity contribution in [3.05, 3.63) is 82.7 Å². The Balaban J connectivity index is 2.07. The molecule has 2 aromatic rings. The van der Waals surface area contributed by atoms with Crippen LogP contribution in [-0.2, 0) is 29.5 Å². The fraction of sp³-hybridized carbons (Fsp3) is 0.167. The van der Waals surface area contributed by atoms with Gasteiger partial charge in [0.1, 0.15) is 5.70 Å². The molecule has 1 heterocycles. The molecule has 0 bridgehead atoms. The van der Waals surface area contributed by atoms with E-state index in [1.165, 1.54) is 6.92 Å². The molecule has 0 amide bonds. The van der Waals surface area contributed by atoms with E-state index in [0.717, 1.165) is 0 Å². The van der Waals surface area contributed by atoms with E-state index in [2.05, 4.69) is 4.18 Å². The highest BCUT2D eigenvalue weighted by Crippen LogP contribution is 2.32. The van der Waals surface area contributed by atoms with Gasteiger partial charge in [-0.2, -0.15) is 8.42 Å². The van der Waals surface area contributed by atoms with Gasteiger partial charge in [-0.15, -0.1) is 0 Å². The summed E-state index contributed by atoms with van der Waals surface area (Å²) in [6.45, 7) is 1.32. The lowest BCUT2D eigenvalue weighted by molar-refractivity contribution is -0.123. The van der Waals surface area contributed by atoms with Crippen LogP contribution in [0.15, 0.2) is 66.0 Å². The molecule has 1 aliphatic rings. The second-order valence-electron chi connectivity index (χ2n) is 4.73. The Hall–Kier alpha value is -2.80. The molecule has 0 spiro atoms. The zero-order valence-electron chi connectivity index (χ0n) is 23.6. The fourth-order valence-corrected chi connectivity index (χ4v) is 2.60. The topological polar surface area (TPSA) is 95.7 Å². The molecule has 0 aromatic heterocycles. The molecular weight excluding hydrogens is 342 g/mol. The zero-order chi connectivity index (χ0) is 27.7. The Morgan fingerprint density at radius 2 is 1.84 bits per heavy atom. The molecule has 7 heteroatoms. The lowest BCUT2D eigenvalue weighted by atomic mass is 10.0. The lowest BCUT2D eigenvalue weighted by Crippen LogP contribution is -2.16. The van der Waals surface area contributed by atoms with Gasteiger partial charge in [0.25, 0.3) is 0 Å². The van der Waals surface area contributed by atoms with E-state index in [1.807, 2.05) is 0 Å². The van der Waals surface area contributed by atoms with Gasteiger partial charge in [0.15, 0.2) is 6.10 Å². The fourth-order valence-electron chi connectivity index (χ4n) is 1.82. The molecule has 6 nitrogen and oxygen atoms in total. The number of ether oxygens (including phenoxy) is 1. The summed E-state index contributed by atoms with van der Waals surface area (Å²) in [6.07, 6.45) is -1.95. The van der Waals surface area contributed by atoms with Crippen LogP contribution in [0.2, 0.25) is 0 Å². The van der Waals surface area contributed by atoms with Crippen LogP contribution in [0.5, 0.6) is 0 Å². The van der Waals surface area contributed by atoms with Crippen molar-refractivity contribution in [2.45, 2.75) is 18.7 Å². The number of ketones is 1. The van der Waals surface area contributed by atoms with Crippen molar-refractivity contribution >= 4 is 15.9 Å². The van der Waals surface area contributed by atoms with Crippen molar-refractivity contribution in [2.24, 2.45) is 5.73 Å². The van der Waals surface area contributed by atoms with Crippen LogP contribution < -0.4 is 5.73 Å². The maximum Gasteiger partial charge on any atom is 0.313 e. The minimum Gasteiger partial charge on any atom is -0.460 e. The second-order valence-corrected chi connectivity index (χ2v) is 6.01. The average molecular weight is 370 g/mol. The van der Waals surface area contributed by atoms with Gasteiger partial charge in [-0.1, -0.05) is 59.9 Å². The van der Waals surface area contributed by atoms with Crippen molar-refractivity contribution in [3.8, 4) is 0 Å². The van der Waals surface area contributed by atoms with Crippen LogP contribution in [0.4, 0.5) is 0 Å². The van der Waals surface area contributed by atoms with E-state index in [0.29, 0.717) is 0 Å². The third kappa shape index (κ3) is 3.83. The molecule has 1 atom stereocenters. The molecule has 0 fully saturated rings. The van der Waals surface area contributed by atoms with Crippen LogP contribution >= 0.6 is 0 Å². The molecule has 1 aliphatic heterocycles. The number of nitrogens with two attached hydrogens (primary N) is 1.